The predicted octanol–water partition coefficient (Wildman–Crippen LogP) is 3.82. The van der Waals surface area contributed by atoms with Crippen molar-refractivity contribution in [3.05, 3.63) is 29.0 Å². The summed E-state index contributed by atoms with van der Waals surface area (Å²) >= 11 is 5.96. The number of nitrogens with zero attached hydrogens (tertiary/aromatic N) is 1. The Morgan fingerprint density at radius 2 is 2.17 bits per heavy atom. The molecule has 0 aliphatic carbocycles. The number of nitrogens with one attached hydrogen (secondary N) is 1. The summed E-state index contributed by atoms with van der Waals surface area (Å²) in [6, 6.07) is 1.90. The maximum Gasteiger partial charge on any atom is 0.253 e. The first kappa shape index (κ1) is 15.0. The maximum atomic E-state index is 12.1. The van der Waals surface area contributed by atoms with Crippen LogP contribution in [0.1, 0.15) is 56.3 Å². The summed E-state index contributed by atoms with van der Waals surface area (Å²) in [4.78, 5) is 16.0. The quantitative estimate of drug-likeness (QED) is 0.817. The van der Waals surface area contributed by atoms with E-state index in [-0.39, 0.29) is 11.9 Å². The fourth-order valence-electron chi connectivity index (χ4n) is 1.91. The zero-order valence-electron chi connectivity index (χ0n) is 11.1. The Balaban J connectivity index is 2.63. The van der Waals surface area contributed by atoms with Gasteiger partial charge in [-0.2, -0.15) is 0 Å². The first-order chi connectivity index (χ1) is 8.69. The Morgan fingerprint density at radius 3 is 2.78 bits per heavy atom. The molecule has 1 heterocycles. The molecule has 1 atom stereocenters. The molecule has 4 heteroatoms. The molecule has 0 aliphatic rings. The molecule has 1 aromatic heterocycles. The minimum atomic E-state index is -0.100. The molecule has 1 rings (SSSR count). The van der Waals surface area contributed by atoms with Gasteiger partial charge in [-0.3, -0.25) is 9.78 Å². The van der Waals surface area contributed by atoms with Crippen LogP contribution in [0.2, 0.25) is 5.02 Å². The van der Waals surface area contributed by atoms with Crippen LogP contribution in [-0.4, -0.2) is 16.9 Å². The number of pyridine rings is 1. The smallest absolute Gasteiger partial charge is 0.253 e. The van der Waals surface area contributed by atoms with Crippen molar-refractivity contribution in [2.75, 3.05) is 0 Å². The van der Waals surface area contributed by atoms with Gasteiger partial charge < -0.3 is 5.32 Å². The van der Waals surface area contributed by atoms with Gasteiger partial charge in [-0.25, -0.2) is 0 Å². The second kappa shape index (κ2) is 8.09. The van der Waals surface area contributed by atoms with Gasteiger partial charge in [0.2, 0.25) is 0 Å². The normalized spacial score (nSPS) is 12.2. The molecular weight excluding hydrogens is 248 g/mol. The summed E-state index contributed by atoms with van der Waals surface area (Å²) in [7, 11) is 0. The van der Waals surface area contributed by atoms with Gasteiger partial charge in [0.05, 0.1) is 10.6 Å². The highest BCUT2D eigenvalue weighted by atomic mass is 35.5. The van der Waals surface area contributed by atoms with Crippen LogP contribution in [0.15, 0.2) is 18.5 Å². The van der Waals surface area contributed by atoms with Crippen molar-refractivity contribution in [3.63, 3.8) is 0 Å². The first-order valence-corrected chi connectivity index (χ1v) is 6.97. The molecule has 0 aliphatic heterocycles. The van der Waals surface area contributed by atoms with Crippen LogP contribution in [-0.2, 0) is 0 Å². The fourth-order valence-corrected chi connectivity index (χ4v) is 2.12. The SMILES string of the molecule is CCCCC(CCC)NC(=O)c1ccncc1Cl. The molecule has 0 radical (unpaired) electrons. The zero-order valence-corrected chi connectivity index (χ0v) is 11.8. The Bertz CT molecular complexity index is 382. The summed E-state index contributed by atoms with van der Waals surface area (Å²) in [5.74, 6) is -0.100. The van der Waals surface area contributed by atoms with E-state index in [1.54, 1.807) is 12.3 Å². The van der Waals surface area contributed by atoms with Crippen molar-refractivity contribution in [2.24, 2.45) is 0 Å². The average Bonchev–Trinajstić information content (AvgIpc) is 2.36. The standard InChI is InChI=1S/C14H21ClN2O/c1-3-5-7-11(6-4-2)17-14(18)12-8-9-16-10-13(12)15/h8-11H,3-7H2,1-2H3,(H,17,18). The van der Waals surface area contributed by atoms with E-state index in [1.165, 1.54) is 6.20 Å². The van der Waals surface area contributed by atoms with E-state index in [0.29, 0.717) is 10.6 Å². The second-order valence-electron chi connectivity index (χ2n) is 4.46. The average molecular weight is 269 g/mol. The minimum Gasteiger partial charge on any atom is -0.349 e. The van der Waals surface area contributed by atoms with Crippen molar-refractivity contribution in [1.29, 1.82) is 0 Å². The third-order valence-corrected chi connectivity index (χ3v) is 3.20. The molecule has 1 unspecified atom stereocenters. The first-order valence-electron chi connectivity index (χ1n) is 6.59. The molecule has 18 heavy (non-hydrogen) atoms. The summed E-state index contributed by atoms with van der Waals surface area (Å²) in [6.07, 6.45) is 8.46. The minimum absolute atomic E-state index is 0.100. The Hall–Kier alpha value is -1.09. The number of carbonyl (C=O) groups is 1. The molecular formula is C14H21ClN2O. The van der Waals surface area contributed by atoms with E-state index in [1.807, 2.05) is 0 Å². The lowest BCUT2D eigenvalue weighted by atomic mass is 10.0. The summed E-state index contributed by atoms with van der Waals surface area (Å²) in [5, 5.41) is 3.46. The van der Waals surface area contributed by atoms with Crippen LogP contribution in [0.25, 0.3) is 0 Å². The van der Waals surface area contributed by atoms with Gasteiger partial charge in [0.1, 0.15) is 0 Å². The topological polar surface area (TPSA) is 42.0 Å². The number of rotatable bonds is 7. The van der Waals surface area contributed by atoms with E-state index in [4.69, 9.17) is 11.6 Å². The van der Waals surface area contributed by atoms with Crippen LogP contribution >= 0.6 is 11.6 Å². The lowest BCUT2D eigenvalue weighted by Gasteiger charge is -2.18. The van der Waals surface area contributed by atoms with Crippen molar-refractivity contribution < 1.29 is 4.79 Å². The van der Waals surface area contributed by atoms with Crippen molar-refractivity contribution >= 4 is 17.5 Å². The molecule has 100 valence electrons. The monoisotopic (exact) mass is 268 g/mol. The molecule has 1 N–H and O–H groups in total. The predicted molar refractivity (Wildman–Crippen MR) is 74.9 cm³/mol. The molecule has 3 nitrogen and oxygen atoms in total. The third kappa shape index (κ3) is 4.65. The summed E-state index contributed by atoms with van der Waals surface area (Å²) in [6.45, 7) is 4.29. The number of amides is 1. The Morgan fingerprint density at radius 1 is 1.39 bits per heavy atom. The van der Waals surface area contributed by atoms with Crippen LogP contribution in [0.3, 0.4) is 0 Å². The van der Waals surface area contributed by atoms with Crippen molar-refractivity contribution in [1.82, 2.24) is 10.3 Å². The summed E-state index contributed by atoms with van der Waals surface area (Å²) in [5.41, 5.74) is 0.504. The molecule has 0 saturated carbocycles. The van der Waals surface area contributed by atoms with E-state index in [2.05, 4.69) is 24.1 Å². The van der Waals surface area contributed by atoms with E-state index in [0.717, 1.165) is 32.1 Å². The molecule has 0 saturated heterocycles. The third-order valence-electron chi connectivity index (χ3n) is 2.90. The lowest BCUT2D eigenvalue weighted by Crippen LogP contribution is -2.34. The Labute approximate surface area is 114 Å². The van der Waals surface area contributed by atoms with E-state index < -0.39 is 0 Å². The molecule has 0 aromatic carbocycles. The second-order valence-corrected chi connectivity index (χ2v) is 4.86. The number of halogens is 1. The lowest BCUT2D eigenvalue weighted by molar-refractivity contribution is 0.0932. The molecule has 1 aromatic rings. The highest BCUT2D eigenvalue weighted by Crippen LogP contribution is 2.14. The van der Waals surface area contributed by atoms with Crippen molar-refractivity contribution in [2.45, 2.75) is 52.0 Å². The van der Waals surface area contributed by atoms with Gasteiger partial charge in [-0.15, -0.1) is 0 Å². The number of unbranched alkanes of at least 4 members (excludes halogenated alkanes) is 1. The maximum absolute atomic E-state index is 12.1. The number of hydrogen-bond acceptors (Lipinski definition) is 2. The van der Waals surface area contributed by atoms with Gasteiger partial charge in [-0.1, -0.05) is 44.7 Å². The highest BCUT2D eigenvalue weighted by molar-refractivity contribution is 6.33. The summed E-state index contributed by atoms with van der Waals surface area (Å²) < 4.78 is 0. The van der Waals surface area contributed by atoms with Gasteiger partial charge >= 0.3 is 0 Å². The fraction of sp³-hybridized carbons (Fsp3) is 0.571. The molecule has 0 bridgehead atoms. The van der Waals surface area contributed by atoms with E-state index >= 15 is 0 Å². The van der Waals surface area contributed by atoms with Gasteiger partial charge in [0.15, 0.2) is 0 Å². The van der Waals surface area contributed by atoms with Gasteiger partial charge in [0, 0.05) is 18.4 Å². The zero-order chi connectivity index (χ0) is 13.4. The number of carbonyl (C=O) groups excluding carboxylic acids is 1. The van der Waals surface area contributed by atoms with Crippen LogP contribution in [0.4, 0.5) is 0 Å². The number of hydrogen-bond donors (Lipinski definition) is 1. The molecule has 0 spiro atoms. The molecule has 0 fully saturated rings. The largest absolute Gasteiger partial charge is 0.349 e. The Kier molecular flexibility index (Phi) is 6.73. The van der Waals surface area contributed by atoms with Crippen LogP contribution in [0.5, 0.6) is 0 Å². The van der Waals surface area contributed by atoms with Crippen molar-refractivity contribution in [3.8, 4) is 0 Å². The van der Waals surface area contributed by atoms with Gasteiger partial charge in [0.25, 0.3) is 5.91 Å². The van der Waals surface area contributed by atoms with E-state index in [9.17, 15) is 4.79 Å². The van der Waals surface area contributed by atoms with Gasteiger partial charge in [-0.05, 0) is 18.9 Å². The van der Waals surface area contributed by atoms with Crippen LogP contribution in [0, 0.1) is 0 Å². The molecule has 1 amide bonds. The number of aromatic nitrogens is 1. The highest BCUT2D eigenvalue weighted by Gasteiger charge is 2.14. The van der Waals surface area contributed by atoms with Crippen LogP contribution < -0.4 is 5.32 Å².